The van der Waals surface area contributed by atoms with E-state index >= 15 is 0 Å². The maximum atomic E-state index is 12.7. The first-order valence-corrected chi connectivity index (χ1v) is 7.60. The highest BCUT2D eigenvalue weighted by molar-refractivity contribution is 5.47. The molecule has 2 aromatic rings. The maximum Gasteiger partial charge on any atom is 0.433 e. The van der Waals surface area contributed by atoms with Gasteiger partial charge in [0.15, 0.2) is 0 Å². The monoisotopic (exact) mass is 321 g/mol. The minimum atomic E-state index is -4.41. The van der Waals surface area contributed by atoms with Gasteiger partial charge in [-0.15, -0.1) is 0 Å². The van der Waals surface area contributed by atoms with Crippen molar-refractivity contribution in [3.05, 3.63) is 54.2 Å². The molecule has 1 saturated heterocycles. The van der Waals surface area contributed by atoms with Crippen LogP contribution in [-0.4, -0.2) is 24.6 Å². The first-order valence-electron chi connectivity index (χ1n) is 7.60. The molecule has 0 aliphatic carbocycles. The van der Waals surface area contributed by atoms with Crippen molar-refractivity contribution < 1.29 is 13.2 Å². The van der Waals surface area contributed by atoms with Gasteiger partial charge in [-0.25, -0.2) is 4.98 Å². The highest BCUT2D eigenvalue weighted by Crippen LogP contribution is 2.28. The Morgan fingerprint density at radius 1 is 1.09 bits per heavy atom. The predicted molar refractivity (Wildman–Crippen MR) is 84.5 cm³/mol. The Kier molecular flexibility index (Phi) is 4.41. The summed E-state index contributed by atoms with van der Waals surface area (Å²) in [4.78, 5) is 5.93. The van der Waals surface area contributed by atoms with E-state index in [2.05, 4.69) is 27.3 Å². The largest absolute Gasteiger partial charge is 0.433 e. The van der Waals surface area contributed by atoms with Crippen LogP contribution in [0, 0.1) is 5.92 Å². The lowest BCUT2D eigenvalue weighted by atomic mass is 10.1. The van der Waals surface area contributed by atoms with Gasteiger partial charge in [-0.1, -0.05) is 24.3 Å². The summed E-state index contributed by atoms with van der Waals surface area (Å²) in [6.45, 7) is 2.49. The van der Waals surface area contributed by atoms with Gasteiger partial charge in [0.1, 0.15) is 11.5 Å². The summed E-state index contributed by atoms with van der Waals surface area (Å²) >= 11 is 0. The van der Waals surface area contributed by atoms with Gasteiger partial charge in [-0.2, -0.15) is 13.2 Å². The molecule has 0 saturated carbocycles. The molecule has 1 N–H and O–H groups in total. The van der Waals surface area contributed by atoms with E-state index in [1.54, 1.807) is 6.07 Å². The first kappa shape index (κ1) is 15.6. The average Bonchev–Trinajstić information content (AvgIpc) is 3.02. The van der Waals surface area contributed by atoms with Crippen molar-refractivity contribution in [2.24, 2.45) is 5.92 Å². The summed E-state index contributed by atoms with van der Waals surface area (Å²) in [6.07, 6.45) is -3.39. The van der Waals surface area contributed by atoms with Crippen LogP contribution in [0.5, 0.6) is 0 Å². The number of rotatable bonds is 4. The number of hydrogen-bond acceptors (Lipinski definition) is 3. The summed E-state index contributed by atoms with van der Waals surface area (Å²) in [5.74, 6) is 0.671. The van der Waals surface area contributed by atoms with E-state index in [0.717, 1.165) is 25.6 Å². The zero-order chi connectivity index (χ0) is 16.3. The Morgan fingerprint density at radius 2 is 1.87 bits per heavy atom. The summed E-state index contributed by atoms with van der Waals surface area (Å²) < 4.78 is 38.0. The van der Waals surface area contributed by atoms with E-state index in [4.69, 9.17) is 0 Å². The summed E-state index contributed by atoms with van der Waals surface area (Å²) in [7, 11) is 0. The summed E-state index contributed by atoms with van der Waals surface area (Å²) in [5, 5.41) is 3.03. The molecule has 1 aliphatic heterocycles. The molecule has 3 rings (SSSR count). The molecule has 1 fully saturated rings. The zero-order valence-corrected chi connectivity index (χ0v) is 12.6. The fraction of sp³-hybridized carbons (Fsp3) is 0.353. The van der Waals surface area contributed by atoms with Crippen molar-refractivity contribution in [3.8, 4) is 0 Å². The van der Waals surface area contributed by atoms with Crippen LogP contribution in [0.1, 0.15) is 12.1 Å². The highest BCUT2D eigenvalue weighted by Gasteiger charge is 2.32. The number of halogens is 3. The molecule has 2 heterocycles. The van der Waals surface area contributed by atoms with Gasteiger partial charge >= 0.3 is 6.18 Å². The fourth-order valence-electron chi connectivity index (χ4n) is 2.81. The summed E-state index contributed by atoms with van der Waals surface area (Å²) in [5.41, 5.74) is 0.326. The Hall–Kier alpha value is -2.24. The SMILES string of the molecule is FC(F)(F)c1cccc(NCC2CCN(c3ccccc3)C2)n1. The van der Waals surface area contributed by atoms with Gasteiger partial charge in [-0.3, -0.25) is 0 Å². The maximum absolute atomic E-state index is 12.7. The van der Waals surface area contributed by atoms with Crippen molar-refractivity contribution >= 4 is 11.5 Å². The third-order valence-corrected chi connectivity index (χ3v) is 4.02. The van der Waals surface area contributed by atoms with Crippen LogP contribution in [0.15, 0.2) is 48.5 Å². The molecular weight excluding hydrogens is 303 g/mol. The first-order chi connectivity index (χ1) is 11.0. The number of benzene rings is 1. The van der Waals surface area contributed by atoms with Gasteiger partial charge in [0, 0.05) is 25.3 Å². The van der Waals surface area contributed by atoms with Gasteiger partial charge < -0.3 is 10.2 Å². The molecule has 1 atom stereocenters. The lowest BCUT2D eigenvalue weighted by Gasteiger charge is -2.19. The van der Waals surface area contributed by atoms with Crippen LogP contribution < -0.4 is 10.2 Å². The van der Waals surface area contributed by atoms with Crippen molar-refractivity contribution in [2.75, 3.05) is 29.9 Å². The molecule has 0 spiro atoms. The lowest BCUT2D eigenvalue weighted by Crippen LogP contribution is -2.22. The van der Waals surface area contributed by atoms with E-state index in [1.807, 2.05) is 18.2 Å². The Labute approximate surface area is 133 Å². The topological polar surface area (TPSA) is 28.2 Å². The van der Waals surface area contributed by atoms with E-state index in [1.165, 1.54) is 11.8 Å². The lowest BCUT2D eigenvalue weighted by molar-refractivity contribution is -0.141. The van der Waals surface area contributed by atoms with Crippen LogP contribution in [0.25, 0.3) is 0 Å². The van der Waals surface area contributed by atoms with Gasteiger partial charge in [-0.05, 0) is 36.6 Å². The van der Waals surface area contributed by atoms with Crippen LogP contribution in [0.3, 0.4) is 0 Å². The number of para-hydroxylation sites is 1. The molecule has 1 aliphatic rings. The van der Waals surface area contributed by atoms with E-state index in [-0.39, 0.29) is 5.82 Å². The fourth-order valence-corrected chi connectivity index (χ4v) is 2.81. The predicted octanol–water partition coefficient (Wildman–Crippen LogP) is 4.04. The zero-order valence-electron chi connectivity index (χ0n) is 12.6. The molecular formula is C17H18F3N3. The minimum Gasteiger partial charge on any atom is -0.371 e. The number of anilines is 2. The Bertz CT molecular complexity index is 643. The molecule has 122 valence electrons. The van der Waals surface area contributed by atoms with Gasteiger partial charge in [0.05, 0.1) is 0 Å². The number of pyridine rings is 1. The van der Waals surface area contributed by atoms with Crippen molar-refractivity contribution in [1.29, 1.82) is 0 Å². The molecule has 1 aromatic carbocycles. The average molecular weight is 321 g/mol. The number of nitrogens with one attached hydrogen (secondary N) is 1. The number of aromatic nitrogens is 1. The van der Waals surface area contributed by atoms with E-state index < -0.39 is 11.9 Å². The number of nitrogens with zero attached hydrogens (tertiary/aromatic N) is 2. The molecule has 0 bridgehead atoms. The number of alkyl halides is 3. The van der Waals surface area contributed by atoms with E-state index in [0.29, 0.717) is 12.5 Å². The van der Waals surface area contributed by atoms with E-state index in [9.17, 15) is 13.2 Å². The molecule has 6 heteroatoms. The van der Waals surface area contributed by atoms with Crippen molar-refractivity contribution in [2.45, 2.75) is 12.6 Å². The minimum absolute atomic E-state index is 0.276. The highest BCUT2D eigenvalue weighted by atomic mass is 19.4. The Morgan fingerprint density at radius 3 is 2.61 bits per heavy atom. The van der Waals surface area contributed by atoms with Crippen molar-refractivity contribution in [1.82, 2.24) is 4.98 Å². The van der Waals surface area contributed by atoms with Crippen LogP contribution in [0.4, 0.5) is 24.7 Å². The van der Waals surface area contributed by atoms with Crippen LogP contribution in [-0.2, 0) is 6.18 Å². The molecule has 3 nitrogen and oxygen atoms in total. The second-order valence-electron chi connectivity index (χ2n) is 5.72. The van der Waals surface area contributed by atoms with Gasteiger partial charge in [0.2, 0.25) is 0 Å². The molecule has 0 amide bonds. The smallest absolute Gasteiger partial charge is 0.371 e. The van der Waals surface area contributed by atoms with Crippen LogP contribution in [0.2, 0.25) is 0 Å². The third-order valence-electron chi connectivity index (χ3n) is 4.02. The normalized spacial score (nSPS) is 18.2. The second kappa shape index (κ2) is 6.48. The standard InChI is InChI=1S/C17H18F3N3/c18-17(19,20)15-7-4-8-16(22-15)21-11-13-9-10-23(12-13)14-5-2-1-3-6-14/h1-8,13H,9-12H2,(H,21,22). The van der Waals surface area contributed by atoms with Crippen molar-refractivity contribution in [3.63, 3.8) is 0 Å². The second-order valence-corrected chi connectivity index (χ2v) is 5.72. The van der Waals surface area contributed by atoms with Crippen LogP contribution >= 0.6 is 0 Å². The summed E-state index contributed by atoms with van der Waals surface area (Å²) in [6, 6.07) is 14.1. The van der Waals surface area contributed by atoms with Gasteiger partial charge in [0.25, 0.3) is 0 Å². The quantitative estimate of drug-likeness (QED) is 0.921. The molecule has 1 aromatic heterocycles. The molecule has 23 heavy (non-hydrogen) atoms. The Balaban J connectivity index is 1.56. The third kappa shape index (κ3) is 3.94. The molecule has 0 radical (unpaired) electrons. The molecule has 1 unspecified atom stereocenters. The number of hydrogen-bond donors (Lipinski definition) is 1.